The predicted octanol–water partition coefficient (Wildman–Crippen LogP) is 3.22. The molecule has 0 aromatic heterocycles. The average Bonchev–Trinajstić information content (AvgIpc) is 2.56. The fraction of sp³-hybridized carbons (Fsp3) is 0.300. The van der Waals surface area contributed by atoms with Crippen LogP contribution in [-0.4, -0.2) is 32.4 Å². The van der Waals surface area contributed by atoms with Crippen LogP contribution < -0.4 is 9.47 Å². The first kappa shape index (κ1) is 20.9. The van der Waals surface area contributed by atoms with Crippen LogP contribution in [0, 0.1) is 5.92 Å². The highest BCUT2D eigenvalue weighted by atomic mass is 16.6. The van der Waals surface area contributed by atoms with E-state index in [2.05, 4.69) is 0 Å². The fourth-order valence-electron chi connectivity index (χ4n) is 2.56. The number of aromatic hydroxyl groups is 4. The minimum Gasteiger partial charge on any atom is -0.508 e. The summed E-state index contributed by atoms with van der Waals surface area (Å²) in [4.78, 5) is 25.0. The number of hydrogen-bond acceptors (Lipinski definition) is 8. The molecule has 2 rings (SSSR count). The van der Waals surface area contributed by atoms with Gasteiger partial charge in [0.05, 0.1) is 0 Å². The minimum absolute atomic E-state index is 0.120. The fourth-order valence-corrected chi connectivity index (χ4v) is 2.56. The zero-order valence-corrected chi connectivity index (χ0v) is 15.3. The number of carbonyl (C=O) groups excluding carboxylic acids is 2. The Morgan fingerprint density at radius 2 is 1.14 bits per heavy atom. The Balaban J connectivity index is 2.16. The van der Waals surface area contributed by atoms with Crippen molar-refractivity contribution in [1.29, 1.82) is 0 Å². The molecule has 0 fully saturated rings. The summed E-state index contributed by atoms with van der Waals surface area (Å²) in [5.74, 6) is -4.53. The molecule has 0 amide bonds. The Morgan fingerprint density at radius 1 is 0.750 bits per heavy atom. The van der Waals surface area contributed by atoms with Crippen LogP contribution in [0.25, 0.3) is 0 Å². The van der Waals surface area contributed by atoms with Crippen molar-refractivity contribution in [3.63, 3.8) is 0 Å². The van der Waals surface area contributed by atoms with E-state index in [9.17, 15) is 30.0 Å². The third kappa shape index (κ3) is 6.08. The SMILES string of the molecule is CCCCCC(C(=O)Oc1cc(O)cc(O)c1)C(=O)Oc1cc(O)cc(O)c1. The lowest BCUT2D eigenvalue weighted by Crippen LogP contribution is -2.31. The first-order valence-corrected chi connectivity index (χ1v) is 8.78. The molecule has 2 aromatic rings. The topological polar surface area (TPSA) is 134 Å². The summed E-state index contributed by atoms with van der Waals surface area (Å²) < 4.78 is 10.2. The van der Waals surface area contributed by atoms with Gasteiger partial charge in [0.25, 0.3) is 0 Å². The zero-order valence-electron chi connectivity index (χ0n) is 15.3. The van der Waals surface area contributed by atoms with E-state index in [-0.39, 0.29) is 40.9 Å². The lowest BCUT2D eigenvalue weighted by molar-refractivity contribution is -0.151. The van der Waals surface area contributed by atoms with Gasteiger partial charge in [-0.1, -0.05) is 26.2 Å². The number of hydrogen-bond donors (Lipinski definition) is 4. The number of carbonyl (C=O) groups is 2. The molecule has 2 aromatic carbocycles. The van der Waals surface area contributed by atoms with Gasteiger partial charge in [0, 0.05) is 36.4 Å². The van der Waals surface area contributed by atoms with Gasteiger partial charge < -0.3 is 29.9 Å². The van der Waals surface area contributed by atoms with E-state index in [1.54, 1.807) is 0 Å². The van der Waals surface area contributed by atoms with Crippen molar-refractivity contribution >= 4 is 11.9 Å². The molecule has 0 aliphatic rings. The van der Waals surface area contributed by atoms with Gasteiger partial charge in [0.2, 0.25) is 0 Å². The minimum atomic E-state index is -1.26. The third-order valence-corrected chi connectivity index (χ3v) is 3.85. The van der Waals surface area contributed by atoms with Gasteiger partial charge in [0.15, 0.2) is 5.92 Å². The van der Waals surface area contributed by atoms with E-state index in [1.165, 1.54) is 0 Å². The number of unbranched alkanes of at least 4 members (excludes halogenated alkanes) is 2. The molecular formula is C20H22O8. The maximum Gasteiger partial charge on any atom is 0.325 e. The number of esters is 2. The molecule has 0 bridgehead atoms. The van der Waals surface area contributed by atoms with Gasteiger partial charge in [-0.05, 0) is 6.42 Å². The van der Waals surface area contributed by atoms with Crippen molar-refractivity contribution in [3.05, 3.63) is 36.4 Å². The van der Waals surface area contributed by atoms with E-state index in [1.807, 2.05) is 6.92 Å². The first-order chi connectivity index (χ1) is 13.3. The van der Waals surface area contributed by atoms with Crippen molar-refractivity contribution in [3.8, 4) is 34.5 Å². The smallest absolute Gasteiger partial charge is 0.325 e. The zero-order chi connectivity index (χ0) is 20.7. The van der Waals surface area contributed by atoms with E-state index >= 15 is 0 Å². The van der Waals surface area contributed by atoms with Crippen LogP contribution in [0.3, 0.4) is 0 Å². The van der Waals surface area contributed by atoms with Gasteiger partial charge >= 0.3 is 11.9 Å². The normalized spacial score (nSPS) is 10.6. The van der Waals surface area contributed by atoms with E-state index in [4.69, 9.17) is 9.47 Å². The molecule has 150 valence electrons. The monoisotopic (exact) mass is 390 g/mol. The van der Waals surface area contributed by atoms with Crippen molar-refractivity contribution < 1.29 is 39.5 Å². The highest BCUT2D eigenvalue weighted by molar-refractivity contribution is 5.96. The summed E-state index contributed by atoms with van der Waals surface area (Å²) in [7, 11) is 0. The quantitative estimate of drug-likeness (QED) is 0.234. The van der Waals surface area contributed by atoms with Crippen LogP contribution in [0.2, 0.25) is 0 Å². The van der Waals surface area contributed by atoms with Crippen LogP contribution in [0.1, 0.15) is 32.6 Å². The Bertz CT molecular complexity index is 740. The van der Waals surface area contributed by atoms with Crippen LogP contribution in [0.4, 0.5) is 0 Å². The standard InChI is InChI=1S/C20H22O8/c1-2-3-4-5-18(19(25)27-16-8-12(21)6-13(22)9-16)20(26)28-17-10-14(23)7-15(24)11-17/h6-11,18,21-24H,2-5H2,1H3. The second-order valence-corrected chi connectivity index (χ2v) is 6.26. The molecule has 0 radical (unpaired) electrons. The summed E-state index contributed by atoms with van der Waals surface area (Å²) in [5.41, 5.74) is 0. The molecule has 0 unspecified atom stereocenters. The van der Waals surface area contributed by atoms with E-state index in [0.29, 0.717) is 6.42 Å². The number of phenolic OH excluding ortho intramolecular Hbond substituents is 4. The second kappa shape index (κ2) is 9.50. The molecule has 0 aliphatic heterocycles. The Kier molecular flexibility index (Phi) is 7.08. The average molecular weight is 390 g/mol. The van der Waals surface area contributed by atoms with E-state index < -0.39 is 17.9 Å². The first-order valence-electron chi connectivity index (χ1n) is 8.78. The number of ether oxygens (including phenoxy) is 2. The molecule has 8 nitrogen and oxygen atoms in total. The number of phenols is 4. The maximum absolute atomic E-state index is 12.5. The number of benzene rings is 2. The molecule has 0 heterocycles. The largest absolute Gasteiger partial charge is 0.508 e. The lowest BCUT2D eigenvalue weighted by atomic mass is 10.0. The third-order valence-electron chi connectivity index (χ3n) is 3.85. The lowest BCUT2D eigenvalue weighted by Gasteiger charge is -2.15. The van der Waals surface area contributed by atoms with Gasteiger partial charge in [-0.25, -0.2) is 0 Å². The van der Waals surface area contributed by atoms with Crippen LogP contribution >= 0.6 is 0 Å². The number of rotatable bonds is 8. The van der Waals surface area contributed by atoms with Crippen LogP contribution in [0.15, 0.2) is 36.4 Å². The second-order valence-electron chi connectivity index (χ2n) is 6.26. The molecule has 8 heteroatoms. The molecular weight excluding hydrogens is 368 g/mol. The maximum atomic E-state index is 12.5. The van der Waals surface area contributed by atoms with Crippen LogP contribution in [0.5, 0.6) is 34.5 Å². The van der Waals surface area contributed by atoms with Crippen molar-refractivity contribution in [1.82, 2.24) is 0 Å². The van der Waals surface area contributed by atoms with Gasteiger partial charge in [0.1, 0.15) is 34.5 Å². The molecule has 0 spiro atoms. The molecule has 0 atom stereocenters. The summed E-state index contributed by atoms with van der Waals surface area (Å²) >= 11 is 0. The van der Waals surface area contributed by atoms with Crippen molar-refractivity contribution in [2.24, 2.45) is 5.92 Å². The summed E-state index contributed by atoms with van der Waals surface area (Å²) in [6, 6.07) is 6.63. The van der Waals surface area contributed by atoms with Crippen molar-refractivity contribution in [2.45, 2.75) is 32.6 Å². The molecule has 4 N–H and O–H groups in total. The van der Waals surface area contributed by atoms with Gasteiger partial charge in [-0.3, -0.25) is 9.59 Å². The van der Waals surface area contributed by atoms with Crippen molar-refractivity contribution in [2.75, 3.05) is 0 Å². The highest BCUT2D eigenvalue weighted by Crippen LogP contribution is 2.29. The highest BCUT2D eigenvalue weighted by Gasteiger charge is 2.30. The summed E-state index contributed by atoms with van der Waals surface area (Å²) in [6.07, 6.45) is 2.40. The Morgan fingerprint density at radius 3 is 1.50 bits per heavy atom. The summed E-state index contributed by atoms with van der Waals surface area (Å²) in [5, 5.41) is 37.9. The van der Waals surface area contributed by atoms with Crippen LogP contribution in [-0.2, 0) is 9.59 Å². The molecule has 0 aliphatic carbocycles. The van der Waals surface area contributed by atoms with Gasteiger partial charge in [-0.2, -0.15) is 0 Å². The van der Waals surface area contributed by atoms with Gasteiger partial charge in [-0.15, -0.1) is 0 Å². The molecule has 28 heavy (non-hydrogen) atoms. The molecule has 0 saturated carbocycles. The molecule has 0 saturated heterocycles. The summed E-state index contributed by atoms with van der Waals surface area (Å²) in [6.45, 7) is 1.97. The Labute approximate surface area is 161 Å². The van der Waals surface area contributed by atoms with E-state index in [0.717, 1.165) is 49.2 Å². The predicted molar refractivity (Wildman–Crippen MR) is 98.4 cm³/mol. The Hall–Kier alpha value is -3.42.